The fraction of sp³-hybridized carbons (Fsp3) is 0. The number of H-pyrrole nitrogens is 2. The number of rotatable bonds is 0. The van der Waals surface area contributed by atoms with Crippen molar-refractivity contribution in [1.82, 2.24) is 39.9 Å². The number of hydrogen-bond acceptors (Lipinski definition) is 6. The number of nitrogens with zero attached hydrogens (tertiary/aromatic N) is 6. The average molecular weight is 619 g/mol. The molecule has 0 unspecified atom stereocenters. The van der Waals surface area contributed by atoms with Crippen LogP contribution in [0.3, 0.4) is 0 Å². The zero-order valence-corrected chi connectivity index (χ0v) is 25.5. The molecule has 0 saturated heterocycles. The number of fused-ring (bicyclic) bond motifs is 16. The van der Waals surface area contributed by atoms with Crippen molar-refractivity contribution in [2.24, 2.45) is 0 Å². The monoisotopic (exact) mass is 618 g/mol. The second-order valence-electron chi connectivity index (χ2n) is 11.7. The smallest absolute Gasteiger partial charge is 0.0659 e. The molecule has 2 N–H and O–H groups in total. The van der Waals surface area contributed by atoms with Crippen molar-refractivity contribution in [2.45, 2.75) is 0 Å². The highest BCUT2D eigenvalue weighted by atomic mass is 14.8. The third-order valence-corrected chi connectivity index (χ3v) is 7.96. The first kappa shape index (κ1) is 27.5. The molecule has 6 aliphatic rings. The molecule has 0 fully saturated rings. The summed E-state index contributed by atoms with van der Waals surface area (Å²) in [4.78, 5) is 35.4. The van der Waals surface area contributed by atoms with Crippen LogP contribution in [0.4, 0.5) is 0 Å². The quantitative estimate of drug-likeness (QED) is 0.176. The van der Waals surface area contributed by atoms with Crippen LogP contribution in [0.15, 0.2) is 72.8 Å². The Labute approximate surface area is 275 Å². The Bertz CT molecular complexity index is 2400. The summed E-state index contributed by atoms with van der Waals surface area (Å²) >= 11 is 0. The van der Waals surface area contributed by atoms with Gasteiger partial charge in [-0.25, -0.2) is 29.9 Å². The first-order valence-corrected chi connectivity index (χ1v) is 15.6. The zero-order chi connectivity index (χ0) is 31.9. The largest absolute Gasteiger partial charge is 0.355 e. The minimum atomic E-state index is 0.840. The molecule has 0 amide bonds. The molecule has 16 bridgehead atoms. The first-order chi connectivity index (χ1) is 23.6. The van der Waals surface area contributed by atoms with Gasteiger partial charge in [0.25, 0.3) is 0 Å². The van der Waals surface area contributed by atoms with Gasteiger partial charge in [0.15, 0.2) is 0 Å². The molecule has 3 aromatic heterocycles. The summed E-state index contributed by atoms with van der Waals surface area (Å²) in [5.74, 6) is 0. The van der Waals surface area contributed by atoms with Crippen LogP contribution in [0.5, 0.6) is 0 Å². The Morgan fingerprint density at radius 3 is 0.583 bits per heavy atom. The third kappa shape index (κ3) is 6.05. The van der Waals surface area contributed by atoms with Crippen LogP contribution < -0.4 is 0 Å². The van der Waals surface area contributed by atoms with Gasteiger partial charge in [0.1, 0.15) is 0 Å². The first-order valence-electron chi connectivity index (χ1n) is 15.6. The van der Waals surface area contributed by atoms with E-state index in [0.29, 0.717) is 0 Å². The summed E-state index contributed by atoms with van der Waals surface area (Å²) in [6.07, 6.45) is 23.9. The minimum Gasteiger partial charge on any atom is -0.355 e. The number of hydrogen-bond donors (Lipinski definition) is 2. The lowest BCUT2D eigenvalue weighted by molar-refractivity contribution is 1.25. The molecule has 0 radical (unpaired) electrons. The second kappa shape index (κ2) is 11.5. The van der Waals surface area contributed by atoms with E-state index in [2.05, 4.69) is 9.97 Å². The van der Waals surface area contributed by atoms with Gasteiger partial charge in [0.2, 0.25) is 0 Å². The lowest BCUT2D eigenvalue weighted by atomic mass is 10.3. The summed E-state index contributed by atoms with van der Waals surface area (Å²) in [6, 6.07) is 24.2. The zero-order valence-electron chi connectivity index (χ0n) is 25.5. The van der Waals surface area contributed by atoms with Gasteiger partial charge in [-0.05, 0) is 146 Å². The van der Waals surface area contributed by atoms with Crippen LogP contribution >= 0.6 is 0 Å². The van der Waals surface area contributed by atoms with Crippen molar-refractivity contribution in [2.75, 3.05) is 0 Å². The van der Waals surface area contributed by atoms with E-state index in [0.717, 1.165) is 90.4 Å². The molecule has 0 aliphatic carbocycles. The number of aromatic nitrogens is 8. The highest BCUT2D eigenvalue weighted by Crippen LogP contribution is 2.20. The highest BCUT2D eigenvalue weighted by molar-refractivity contribution is 5.80. The van der Waals surface area contributed by atoms with Crippen LogP contribution in [-0.4, -0.2) is 39.9 Å². The van der Waals surface area contributed by atoms with Crippen LogP contribution in [0.2, 0.25) is 0 Å². The van der Waals surface area contributed by atoms with Gasteiger partial charge < -0.3 is 9.97 Å². The predicted octanol–water partition coefficient (Wildman–Crippen LogP) is 8.67. The molecule has 0 atom stereocenters. The molecule has 48 heavy (non-hydrogen) atoms. The topological polar surface area (TPSA) is 109 Å². The van der Waals surface area contributed by atoms with Gasteiger partial charge in [0, 0.05) is 22.1 Å². The molecule has 9 rings (SSSR count). The minimum absolute atomic E-state index is 0.840. The van der Waals surface area contributed by atoms with Crippen molar-refractivity contribution in [1.29, 1.82) is 0 Å². The molecule has 0 saturated carbocycles. The maximum absolute atomic E-state index is 4.78. The summed E-state index contributed by atoms with van der Waals surface area (Å²) in [5.41, 5.74) is 14.1. The van der Waals surface area contributed by atoms with Gasteiger partial charge in [-0.15, -0.1) is 0 Å². The van der Waals surface area contributed by atoms with Gasteiger partial charge in [-0.2, -0.15) is 0 Å². The molecule has 0 spiro atoms. The fourth-order valence-corrected chi connectivity index (χ4v) is 5.77. The Balaban J connectivity index is 1.16. The Kier molecular flexibility index (Phi) is 6.61. The SMILES string of the molecule is C1=Cc2cc3nc(cc4nc(cc5ccc(cc6nc(cc7ccc(cc8nc(cc9nc(cc1n2)C=C9)C=C8)[nH]7)C=C6)[nH]5)C=C4)C=C3. The van der Waals surface area contributed by atoms with Crippen LogP contribution in [0.25, 0.3) is 95.0 Å². The summed E-state index contributed by atoms with van der Waals surface area (Å²) in [7, 11) is 0. The lowest BCUT2D eigenvalue weighted by Crippen LogP contribution is -1.79. The van der Waals surface area contributed by atoms with E-state index in [4.69, 9.17) is 29.9 Å². The molecule has 8 nitrogen and oxygen atoms in total. The molecular formula is C40H26N8. The van der Waals surface area contributed by atoms with Crippen molar-refractivity contribution < 1.29 is 0 Å². The molecular weight excluding hydrogens is 592 g/mol. The van der Waals surface area contributed by atoms with Gasteiger partial charge in [0.05, 0.1) is 68.3 Å². The molecule has 226 valence electrons. The number of nitrogens with one attached hydrogen (secondary N) is 2. The van der Waals surface area contributed by atoms with Crippen molar-refractivity contribution >= 4 is 95.0 Å². The van der Waals surface area contributed by atoms with E-state index in [-0.39, 0.29) is 0 Å². The third-order valence-electron chi connectivity index (χ3n) is 7.96. The summed E-state index contributed by atoms with van der Waals surface area (Å²) < 4.78 is 0. The van der Waals surface area contributed by atoms with Crippen molar-refractivity contribution in [3.8, 4) is 0 Å². The van der Waals surface area contributed by atoms with Gasteiger partial charge >= 0.3 is 0 Å². The maximum atomic E-state index is 4.78. The molecule has 6 aliphatic heterocycles. The Morgan fingerprint density at radius 1 is 0.229 bits per heavy atom. The van der Waals surface area contributed by atoms with E-state index in [1.54, 1.807) is 0 Å². The van der Waals surface area contributed by atoms with Crippen LogP contribution in [0, 0.1) is 0 Å². The Morgan fingerprint density at radius 2 is 0.396 bits per heavy atom. The van der Waals surface area contributed by atoms with Gasteiger partial charge in [-0.1, -0.05) is 0 Å². The van der Waals surface area contributed by atoms with E-state index >= 15 is 0 Å². The lowest BCUT2D eigenvalue weighted by Gasteiger charge is -1.86. The van der Waals surface area contributed by atoms with E-state index in [1.165, 1.54) is 0 Å². The standard InChI is InChI=1S/C40H26N8/c1-2-26-18-28-5-6-30(43-28)20-32-9-10-34(45-32)22-36-13-14-38(47-36)24-40-16-15-39(48-40)23-37-12-11-35(46-37)21-33-8-7-31(44-33)19-29-4-3-27(42-29)17-25(1)41-26/h1-24,41,44H. The molecule has 3 aromatic rings. The Hall–Kier alpha value is -6.80. The average Bonchev–Trinajstić information content (AvgIpc) is 3.90. The van der Waals surface area contributed by atoms with Crippen LogP contribution in [0.1, 0.15) is 68.3 Å². The predicted molar refractivity (Wildman–Crippen MR) is 196 cm³/mol. The second-order valence-corrected chi connectivity index (χ2v) is 11.7. The van der Waals surface area contributed by atoms with E-state index < -0.39 is 0 Å². The summed E-state index contributed by atoms with van der Waals surface area (Å²) in [6.45, 7) is 0. The molecule has 0 aromatic carbocycles. The molecule has 8 heteroatoms. The van der Waals surface area contributed by atoms with Crippen LogP contribution in [-0.2, 0) is 0 Å². The number of aromatic amines is 2. The summed E-state index contributed by atoms with van der Waals surface area (Å²) in [5, 5.41) is 0. The van der Waals surface area contributed by atoms with E-state index in [1.807, 2.05) is 146 Å². The van der Waals surface area contributed by atoms with Crippen molar-refractivity contribution in [3.63, 3.8) is 0 Å². The van der Waals surface area contributed by atoms with Gasteiger partial charge in [-0.3, -0.25) is 0 Å². The normalized spacial score (nSPS) is 13.3. The van der Waals surface area contributed by atoms with Crippen molar-refractivity contribution in [3.05, 3.63) is 141 Å². The molecule has 9 heterocycles. The highest BCUT2D eigenvalue weighted by Gasteiger charge is 2.06. The fourth-order valence-electron chi connectivity index (χ4n) is 5.77. The van der Waals surface area contributed by atoms with E-state index in [9.17, 15) is 0 Å². The maximum Gasteiger partial charge on any atom is 0.0659 e.